The van der Waals surface area contributed by atoms with Gasteiger partial charge in [-0.25, -0.2) is 0 Å². The van der Waals surface area contributed by atoms with E-state index in [-0.39, 0.29) is 6.54 Å². The van der Waals surface area contributed by atoms with Gasteiger partial charge in [0, 0.05) is 6.20 Å². The summed E-state index contributed by atoms with van der Waals surface area (Å²) in [5.41, 5.74) is 0.704. The van der Waals surface area contributed by atoms with Gasteiger partial charge >= 0.3 is 0 Å². The Morgan fingerprint density at radius 1 is 1.43 bits per heavy atom. The van der Waals surface area contributed by atoms with Crippen LogP contribution in [0.15, 0.2) is 24.4 Å². The minimum absolute atomic E-state index is 0.244. The molecule has 6 heteroatoms. The molecule has 0 radical (unpaired) electrons. The molecule has 1 aromatic heterocycles. The summed E-state index contributed by atoms with van der Waals surface area (Å²) in [6.07, 6.45) is 1.62. The van der Waals surface area contributed by atoms with Gasteiger partial charge in [-0.15, -0.1) is 0 Å². The molecule has 0 atom stereocenters. The SMILES string of the molecule is O=C(NCc1ccccn1)C(Cl)(Cl)Cl. The highest BCUT2D eigenvalue weighted by Gasteiger charge is 2.30. The van der Waals surface area contributed by atoms with Crippen molar-refractivity contribution in [3.63, 3.8) is 0 Å². The van der Waals surface area contributed by atoms with Gasteiger partial charge in [0.05, 0.1) is 12.2 Å². The normalized spacial score (nSPS) is 11.1. The van der Waals surface area contributed by atoms with Crippen LogP contribution in [0.3, 0.4) is 0 Å². The van der Waals surface area contributed by atoms with Gasteiger partial charge in [-0.2, -0.15) is 0 Å². The minimum Gasteiger partial charge on any atom is -0.347 e. The number of hydrogen-bond acceptors (Lipinski definition) is 2. The van der Waals surface area contributed by atoms with Crippen molar-refractivity contribution in [3.05, 3.63) is 30.1 Å². The zero-order valence-corrected chi connectivity index (χ0v) is 9.27. The number of aromatic nitrogens is 1. The standard InChI is InChI=1S/C8H7Cl3N2O/c9-8(10,11)7(14)13-5-6-3-1-2-4-12-6/h1-4H,5H2,(H,13,14). The summed E-state index contributed by atoms with van der Waals surface area (Å²) in [4.78, 5) is 15.1. The van der Waals surface area contributed by atoms with E-state index >= 15 is 0 Å². The Labute approximate surface area is 96.4 Å². The third-order valence-electron chi connectivity index (χ3n) is 1.41. The maximum absolute atomic E-state index is 11.1. The van der Waals surface area contributed by atoms with Gasteiger partial charge in [0.25, 0.3) is 9.70 Å². The summed E-state index contributed by atoms with van der Waals surface area (Å²) >= 11 is 16.0. The van der Waals surface area contributed by atoms with Gasteiger partial charge < -0.3 is 5.32 Å². The molecule has 14 heavy (non-hydrogen) atoms. The molecular weight excluding hydrogens is 246 g/mol. The number of carbonyl (C=O) groups is 1. The van der Waals surface area contributed by atoms with Crippen LogP contribution in [0.1, 0.15) is 5.69 Å². The van der Waals surface area contributed by atoms with E-state index in [1.54, 1.807) is 18.3 Å². The summed E-state index contributed by atoms with van der Waals surface area (Å²) in [5.74, 6) is -0.659. The lowest BCUT2D eigenvalue weighted by atomic mass is 10.3. The first-order valence-corrected chi connectivity index (χ1v) is 4.88. The summed E-state index contributed by atoms with van der Waals surface area (Å²) in [5, 5.41) is 2.44. The van der Waals surface area contributed by atoms with Gasteiger partial charge in [0.15, 0.2) is 0 Å². The van der Waals surface area contributed by atoms with Crippen LogP contribution in [0, 0.1) is 0 Å². The van der Waals surface area contributed by atoms with E-state index in [1.165, 1.54) is 0 Å². The summed E-state index contributed by atoms with van der Waals surface area (Å²) < 4.78 is -1.92. The van der Waals surface area contributed by atoms with Gasteiger partial charge in [0.2, 0.25) is 0 Å². The second-order valence-electron chi connectivity index (χ2n) is 2.50. The molecule has 0 aliphatic carbocycles. The number of carbonyl (C=O) groups excluding carboxylic acids is 1. The molecule has 76 valence electrons. The van der Waals surface area contributed by atoms with E-state index in [0.29, 0.717) is 5.69 Å². The van der Waals surface area contributed by atoms with Crippen LogP contribution in [-0.4, -0.2) is 14.7 Å². The molecule has 0 aliphatic rings. The lowest BCUT2D eigenvalue weighted by Gasteiger charge is -2.10. The van der Waals surface area contributed by atoms with Crippen LogP contribution in [0.25, 0.3) is 0 Å². The van der Waals surface area contributed by atoms with Crippen molar-refractivity contribution in [1.82, 2.24) is 10.3 Å². The fourth-order valence-corrected chi connectivity index (χ4v) is 0.974. The molecule has 1 heterocycles. The molecule has 0 aromatic carbocycles. The van der Waals surface area contributed by atoms with Crippen molar-refractivity contribution in [2.75, 3.05) is 0 Å². The van der Waals surface area contributed by atoms with Crippen molar-refractivity contribution >= 4 is 40.7 Å². The van der Waals surface area contributed by atoms with Crippen LogP contribution in [0.5, 0.6) is 0 Å². The van der Waals surface area contributed by atoms with Gasteiger partial charge in [-0.3, -0.25) is 9.78 Å². The Balaban J connectivity index is 2.46. The average molecular weight is 254 g/mol. The number of nitrogens with one attached hydrogen (secondary N) is 1. The Morgan fingerprint density at radius 3 is 2.64 bits per heavy atom. The van der Waals surface area contributed by atoms with Crippen LogP contribution in [0.2, 0.25) is 0 Å². The molecule has 0 fully saturated rings. The van der Waals surface area contributed by atoms with E-state index in [0.717, 1.165) is 0 Å². The molecule has 3 nitrogen and oxygen atoms in total. The average Bonchev–Trinajstić information content (AvgIpc) is 2.14. The quantitative estimate of drug-likeness (QED) is 0.820. The van der Waals surface area contributed by atoms with E-state index in [1.807, 2.05) is 6.07 Å². The van der Waals surface area contributed by atoms with Gasteiger partial charge in [-0.1, -0.05) is 40.9 Å². The molecule has 0 spiro atoms. The predicted octanol–water partition coefficient (Wildman–Crippen LogP) is 2.07. The fourth-order valence-electron chi connectivity index (χ4n) is 0.774. The fraction of sp³-hybridized carbons (Fsp3) is 0.250. The first-order chi connectivity index (χ1) is 6.50. The lowest BCUT2D eigenvalue weighted by molar-refractivity contribution is -0.120. The third-order valence-corrected chi connectivity index (χ3v) is 1.93. The minimum atomic E-state index is -1.92. The molecular formula is C8H7Cl3N2O. The molecule has 1 aromatic rings. The summed E-state index contributed by atoms with van der Waals surface area (Å²) in [6, 6.07) is 5.35. The van der Waals surface area contributed by atoms with E-state index in [9.17, 15) is 4.79 Å². The first-order valence-electron chi connectivity index (χ1n) is 3.75. The summed E-state index contributed by atoms with van der Waals surface area (Å²) in [7, 11) is 0. The lowest BCUT2D eigenvalue weighted by Crippen LogP contribution is -2.34. The maximum Gasteiger partial charge on any atom is 0.272 e. The number of nitrogens with zero attached hydrogens (tertiary/aromatic N) is 1. The largest absolute Gasteiger partial charge is 0.347 e. The highest BCUT2D eigenvalue weighted by atomic mass is 35.6. The van der Waals surface area contributed by atoms with Crippen LogP contribution in [0.4, 0.5) is 0 Å². The maximum atomic E-state index is 11.1. The highest BCUT2D eigenvalue weighted by molar-refractivity contribution is 6.76. The number of amides is 1. The van der Waals surface area contributed by atoms with Crippen molar-refractivity contribution < 1.29 is 4.79 Å². The van der Waals surface area contributed by atoms with Gasteiger partial charge in [-0.05, 0) is 12.1 Å². The molecule has 1 amide bonds. The monoisotopic (exact) mass is 252 g/mol. The number of alkyl halides is 3. The molecule has 0 aliphatic heterocycles. The van der Waals surface area contributed by atoms with Crippen LogP contribution < -0.4 is 5.32 Å². The second-order valence-corrected chi connectivity index (χ2v) is 4.78. The van der Waals surface area contributed by atoms with Crippen molar-refractivity contribution in [2.45, 2.75) is 10.3 Å². The van der Waals surface area contributed by atoms with E-state index < -0.39 is 9.70 Å². The smallest absolute Gasteiger partial charge is 0.272 e. The van der Waals surface area contributed by atoms with Crippen molar-refractivity contribution in [3.8, 4) is 0 Å². The highest BCUT2D eigenvalue weighted by Crippen LogP contribution is 2.25. The van der Waals surface area contributed by atoms with Crippen LogP contribution >= 0.6 is 34.8 Å². The van der Waals surface area contributed by atoms with E-state index in [2.05, 4.69) is 10.3 Å². The van der Waals surface area contributed by atoms with Crippen molar-refractivity contribution in [2.24, 2.45) is 0 Å². The zero-order chi connectivity index (χ0) is 10.6. The molecule has 0 saturated heterocycles. The van der Waals surface area contributed by atoms with Crippen molar-refractivity contribution in [1.29, 1.82) is 0 Å². The first kappa shape index (κ1) is 11.6. The van der Waals surface area contributed by atoms with E-state index in [4.69, 9.17) is 34.8 Å². The summed E-state index contributed by atoms with van der Waals surface area (Å²) in [6.45, 7) is 0.244. The number of rotatable bonds is 2. The molecule has 0 bridgehead atoms. The predicted molar refractivity (Wildman–Crippen MR) is 56.4 cm³/mol. The number of pyridine rings is 1. The Hall–Kier alpha value is -0.510. The van der Waals surface area contributed by atoms with Crippen LogP contribution in [-0.2, 0) is 11.3 Å². The molecule has 0 saturated carbocycles. The van der Waals surface area contributed by atoms with Gasteiger partial charge in [0.1, 0.15) is 0 Å². The Morgan fingerprint density at radius 2 is 2.14 bits per heavy atom. The number of halogens is 3. The number of hydrogen-bond donors (Lipinski definition) is 1. The molecule has 1 N–H and O–H groups in total. The third kappa shape index (κ3) is 3.70. The molecule has 0 unspecified atom stereocenters. The Kier molecular flexibility index (Phi) is 3.98. The molecule has 1 rings (SSSR count). The topological polar surface area (TPSA) is 42.0 Å². The second kappa shape index (κ2) is 4.82. The Bertz CT molecular complexity index is 310. The zero-order valence-electron chi connectivity index (χ0n) is 7.01.